The van der Waals surface area contributed by atoms with Gasteiger partial charge in [-0.1, -0.05) is 19.1 Å². The number of nitrogens with one attached hydrogen (secondary N) is 2. The van der Waals surface area contributed by atoms with Crippen molar-refractivity contribution in [1.82, 2.24) is 15.3 Å². The maximum Gasteiger partial charge on any atom is 0.231 e. The number of hydrogen-bond acceptors (Lipinski definition) is 5. The minimum Gasteiger partial charge on any atom is -0.497 e. The zero-order valence-corrected chi connectivity index (χ0v) is 17.0. The normalized spacial score (nSPS) is 14.7. The van der Waals surface area contributed by atoms with Crippen LogP contribution in [0, 0.1) is 12.8 Å². The van der Waals surface area contributed by atoms with Crippen molar-refractivity contribution >= 4 is 29.1 Å². The standard InChI is InChI=1S/C20H27N5OS/c1-14-8-10-25(11-9-14)18-12-15(2)22-19(23-18)24-20(27)21-13-16-4-6-17(26-3)7-5-16/h4-7,12,14H,8-11,13H2,1-3H3,(H2,21,22,23,24,27). The van der Waals surface area contributed by atoms with Gasteiger partial charge in [0.15, 0.2) is 5.11 Å². The van der Waals surface area contributed by atoms with Gasteiger partial charge in [0.1, 0.15) is 11.6 Å². The van der Waals surface area contributed by atoms with E-state index in [1.165, 1.54) is 12.8 Å². The molecule has 6 nitrogen and oxygen atoms in total. The first kappa shape index (κ1) is 19.4. The predicted octanol–water partition coefficient (Wildman–Crippen LogP) is 3.52. The number of aromatic nitrogens is 2. The van der Waals surface area contributed by atoms with Gasteiger partial charge < -0.3 is 20.3 Å². The van der Waals surface area contributed by atoms with Gasteiger partial charge in [-0.25, -0.2) is 4.98 Å². The Labute approximate surface area is 166 Å². The number of nitrogens with zero attached hydrogens (tertiary/aromatic N) is 3. The van der Waals surface area contributed by atoms with Crippen molar-refractivity contribution in [1.29, 1.82) is 0 Å². The van der Waals surface area contributed by atoms with Gasteiger partial charge in [-0.05, 0) is 55.6 Å². The second kappa shape index (κ2) is 8.99. The van der Waals surface area contributed by atoms with Crippen LogP contribution < -0.4 is 20.3 Å². The summed E-state index contributed by atoms with van der Waals surface area (Å²) in [5.74, 6) is 3.13. The fourth-order valence-corrected chi connectivity index (χ4v) is 3.24. The first-order valence-electron chi connectivity index (χ1n) is 9.32. The molecule has 2 heterocycles. The van der Waals surface area contributed by atoms with Crippen molar-refractivity contribution in [2.45, 2.75) is 33.2 Å². The summed E-state index contributed by atoms with van der Waals surface area (Å²) in [6.07, 6.45) is 2.40. The van der Waals surface area contributed by atoms with Gasteiger partial charge in [-0.2, -0.15) is 4.98 Å². The van der Waals surface area contributed by atoms with Crippen molar-refractivity contribution in [2.75, 3.05) is 30.4 Å². The van der Waals surface area contributed by atoms with Crippen LogP contribution in [0.1, 0.15) is 31.0 Å². The van der Waals surface area contributed by atoms with E-state index in [0.717, 1.165) is 41.8 Å². The van der Waals surface area contributed by atoms with Crippen molar-refractivity contribution in [3.63, 3.8) is 0 Å². The highest BCUT2D eigenvalue weighted by molar-refractivity contribution is 7.80. The van der Waals surface area contributed by atoms with Gasteiger partial charge in [0, 0.05) is 31.4 Å². The Morgan fingerprint density at radius 3 is 2.59 bits per heavy atom. The van der Waals surface area contributed by atoms with E-state index in [0.29, 0.717) is 17.6 Å². The minimum atomic E-state index is 0.509. The highest BCUT2D eigenvalue weighted by atomic mass is 32.1. The van der Waals surface area contributed by atoms with Gasteiger partial charge in [0.05, 0.1) is 7.11 Å². The van der Waals surface area contributed by atoms with E-state index in [-0.39, 0.29) is 0 Å². The third-order valence-electron chi connectivity index (χ3n) is 4.79. The molecule has 1 aromatic carbocycles. The molecule has 0 bridgehead atoms. The molecule has 0 aliphatic carbocycles. The summed E-state index contributed by atoms with van der Waals surface area (Å²) in [7, 11) is 1.66. The Hall–Kier alpha value is -2.41. The van der Waals surface area contributed by atoms with E-state index in [1.807, 2.05) is 37.3 Å². The Bertz CT molecular complexity index is 772. The number of thiocarbonyl (C=S) groups is 1. The van der Waals surface area contributed by atoms with Crippen LogP contribution in [0.2, 0.25) is 0 Å². The van der Waals surface area contributed by atoms with Crippen molar-refractivity contribution in [3.05, 3.63) is 41.6 Å². The zero-order chi connectivity index (χ0) is 19.2. The molecule has 0 atom stereocenters. The fraction of sp³-hybridized carbons (Fsp3) is 0.450. The smallest absolute Gasteiger partial charge is 0.231 e. The maximum atomic E-state index is 5.40. The number of ether oxygens (including phenoxy) is 1. The van der Waals surface area contributed by atoms with E-state index >= 15 is 0 Å². The molecule has 0 unspecified atom stereocenters. The molecule has 7 heteroatoms. The number of piperidine rings is 1. The number of rotatable bonds is 5. The van der Waals surface area contributed by atoms with Crippen LogP contribution in [0.3, 0.4) is 0 Å². The molecular weight excluding hydrogens is 358 g/mol. The molecule has 1 aliphatic rings. The lowest BCUT2D eigenvalue weighted by atomic mass is 9.99. The largest absolute Gasteiger partial charge is 0.497 e. The fourth-order valence-electron chi connectivity index (χ4n) is 3.08. The minimum absolute atomic E-state index is 0.509. The molecule has 2 N–H and O–H groups in total. The number of anilines is 2. The summed E-state index contributed by atoms with van der Waals surface area (Å²) in [5.41, 5.74) is 2.05. The van der Waals surface area contributed by atoms with Gasteiger partial charge in [-0.15, -0.1) is 0 Å². The second-order valence-electron chi connectivity index (χ2n) is 7.02. The van der Waals surface area contributed by atoms with Crippen LogP contribution >= 0.6 is 12.2 Å². The summed E-state index contributed by atoms with van der Waals surface area (Å²) in [5, 5.41) is 6.81. The van der Waals surface area contributed by atoms with Crippen LogP contribution in [0.25, 0.3) is 0 Å². The van der Waals surface area contributed by atoms with E-state index in [1.54, 1.807) is 7.11 Å². The molecule has 1 aromatic heterocycles. The Balaban J connectivity index is 1.58. The average Bonchev–Trinajstić information content (AvgIpc) is 2.67. The lowest BCUT2D eigenvalue weighted by Gasteiger charge is -2.31. The van der Waals surface area contributed by atoms with Crippen molar-refractivity contribution < 1.29 is 4.74 Å². The van der Waals surface area contributed by atoms with Crippen LogP contribution in [0.5, 0.6) is 5.75 Å². The van der Waals surface area contributed by atoms with Gasteiger partial charge in [0.25, 0.3) is 0 Å². The zero-order valence-electron chi connectivity index (χ0n) is 16.2. The molecule has 1 aliphatic heterocycles. The molecule has 0 saturated carbocycles. The molecule has 0 spiro atoms. The Morgan fingerprint density at radius 2 is 1.93 bits per heavy atom. The molecular formula is C20H27N5OS. The first-order chi connectivity index (χ1) is 13.0. The highest BCUT2D eigenvalue weighted by Crippen LogP contribution is 2.22. The monoisotopic (exact) mass is 385 g/mol. The third kappa shape index (κ3) is 5.53. The van der Waals surface area contributed by atoms with E-state index in [4.69, 9.17) is 17.0 Å². The first-order valence-corrected chi connectivity index (χ1v) is 9.72. The lowest BCUT2D eigenvalue weighted by Crippen LogP contribution is -2.34. The van der Waals surface area contributed by atoms with Crippen molar-refractivity contribution in [2.24, 2.45) is 5.92 Å². The van der Waals surface area contributed by atoms with E-state index in [2.05, 4.69) is 32.4 Å². The summed E-state index contributed by atoms with van der Waals surface area (Å²) in [6, 6.07) is 9.92. The summed E-state index contributed by atoms with van der Waals surface area (Å²) in [6.45, 7) is 6.99. The van der Waals surface area contributed by atoms with Crippen LogP contribution in [-0.2, 0) is 6.54 Å². The molecule has 0 radical (unpaired) electrons. The summed E-state index contributed by atoms with van der Waals surface area (Å²) < 4.78 is 5.17. The summed E-state index contributed by atoms with van der Waals surface area (Å²) >= 11 is 5.40. The van der Waals surface area contributed by atoms with Crippen LogP contribution in [0.4, 0.5) is 11.8 Å². The number of hydrogen-bond donors (Lipinski definition) is 2. The number of aryl methyl sites for hydroxylation is 1. The van der Waals surface area contributed by atoms with Gasteiger partial charge in [0.2, 0.25) is 5.95 Å². The van der Waals surface area contributed by atoms with E-state index < -0.39 is 0 Å². The van der Waals surface area contributed by atoms with Gasteiger partial charge >= 0.3 is 0 Å². The Kier molecular flexibility index (Phi) is 6.45. The van der Waals surface area contributed by atoms with Crippen LogP contribution in [-0.4, -0.2) is 35.3 Å². The predicted molar refractivity (Wildman–Crippen MR) is 113 cm³/mol. The van der Waals surface area contributed by atoms with Crippen LogP contribution in [0.15, 0.2) is 30.3 Å². The van der Waals surface area contributed by atoms with Crippen molar-refractivity contribution in [3.8, 4) is 5.75 Å². The third-order valence-corrected chi connectivity index (χ3v) is 5.03. The summed E-state index contributed by atoms with van der Waals surface area (Å²) in [4.78, 5) is 11.5. The molecule has 2 aromatic rings. The lowest BCUT2D eigenvalue weighted by molar-refractivity contribution is 0.414. The second-order valence-corrected chi connectivity index (χ2v) is 7.42. The highest BCUT2D eigenvalue weighted by Gasteiger charge is 2.18. The SMILES string of the molecule is COc1ccc(CNC(=S)Nc2nc(C)cc(N3CCC(C)CC3)n2)cc1. The molecule has 27 heavy (non-hydrogen) atoms. The molecule has 3 rings (SSSR count). The Morgan fingerprint density at radius 1 is 1.22 bits per heavy atom. The molecule has 1 fully saturated rings. The van der Waals surface area contributed by atoms with E-state index in [9.17, 15) is 0 Å². The number of benzene rings is 1. The quantitative estimate of drug-likeness (QED) is 0.764. The topological polar surface area (TPSA) is 62.3 Å². The van der Waals surface area contributed by atoms with Gasteiger partial charge in [-0.3, -0.25) is 0 Å². The molecule has 0 amide bonds. The number of methoxy groups -OCH3 is 1. The average molecular weight is 386 g/mol. The maximum absolute atomic E-state index is 5.40. The molecule has 1 saturated heterocycles. The molecule has 144 valence electrons.